The van der Waals surface area contributed by atoms with E-state index >= 15 is 0 Å². The molecule has 2 aromatic rings. The van der Waals surface area contributed by atoms with E-state index in [1.165, 1.54) is 0 Å². The Morgan fingerprint density at radius 3 is 2.79 bits per heavy atom. The summed E-state index contributed by atoms with van der Waals surface area (Å²) in [5.74, 6) is -0.238. The Labute approximate surface area is 127 Å². The van der Waals surface area contributed by atoms with Gasteiger partial charge in [-0.25, -0.2) is 0 Å². The zero-order valence-corrected chi connectivity index (χ0v) is 13.7. The van der Waals surface area contributed by atoms with Gasteiger partial charge >= 0.3 is 0 Å². The van der Waals surface area contributed by atoms with Crippen molar-refractivity contribution in [3.05, 3.63) is 32.2 Å². The number of hydrogen-bond acceptors (Lipinski definition) is 3. The molecule has 102 valence electrons. The van der Waals surface area contributed by atoms with E-state index in [0.29, 0.717) is 21.3 Å². The third-order valence-corrected chi connectivity index (χ3v) is 4.70. The minimum atomic E-state index is -0.238. The molecular weight excluding hydrogens is 378 g/mol. The molecule has 0 aliphatic rings. The summed E-state index contributed by atoms with van der Waals surface area (Å²) in [6, 6.07) is 0. The van der Waals surface area contributed by atoms with Crippen LogP contribution >= 0.6 is 31.9 Å². The number of rotatable bonds is 4. The number of carbonyl (C=O) groups is 1. The Hall–Kier alpha value is -1.15. The van der Waals surface area contributed by atoms with Gasteiger partial charge in [0.25, 0.3) is 5.91 Å². The lowest BCUT2D eigenvalue weighted by molar-refractivity contribution is 0.0945. The van der Waals surface area contributed by atoms with Crippen LogP contribution in [0.4, 0.5) is 0 Å². The van der Waals surface area contributed by atoms with Gasteiger partial charge in [-0.15, -0.1) is 0 Å². The smallest absolute Gasteiger partial charge is 0.273 e. The van der Waals surface area contributed by atoms with E-state index < -0.39 is 0 Å². The van der Waals surface area contributed by atoms with Crippen molar-refractivity contribution in [1.29, 1.82) is 0 Å². The van der Waals surface area contributed by atoms with Gasteiger partial charge in [-0.3, -0.25) is 14.6 Å². The van der Waals surface area contributed by atoms with Crippen LogP contribution in [0.25, 0.3) is 0 Å². The molecule has 0 aliphatic heterocycles. The summed E-state index contributed by atoms with van der Waals surface area (Å²) >= 11 is 6.54. The zero-order chi connectivity index (χ0) is 14.0. The molecule has 6 nitrogen and oxygen atoms in total. The second-order valence-electron chi connectivity index (χ2n) is 3.95. The number of aromatic nitrogens is 4. The van der Waals surface area contributed by atoms with Crippen LogP contribution in [0.3, 0.4) is 0 Å². The molecule has 0 aliphatic carbocycles. The summed E-state index contributed by atoms with van der Waals surface area (Å²) in [5, 5.41) is 13.7. The number of halogens is 2. The van der Waals surface area contributed by atoms with E-state index in [1.807, 2.05) is 18.5 Å². The first-order valence-electron chi connectivity index (χ1n) is 5.73. The average Bonchev–Trinajstić information content (AvgIpc) is 2.91. The fraction of sp³-hybridized carbons (Fsp3) is 0.364. The quantitative estimate of drug-likeness (QED) is 0.841. The second kappa shape index (κ2) is 5.87. The van der Waals surface area contributed by atoms with Gasteiger partial charge < -0.3 is 5.32 Å². The van der Waals surface area contributed by atoms with Gasteiger partial charge in [-0.1, -0.05) is 0 Å². The maximum absolute atomic E-state index is 12.0. The molecule has 2 N–H and O–H groups in total. The summed E-state index contributed by atoms with van der Waals surface area (Å²) in [6.07, 6.45) is 1.77. The van der Waals surface area contributed by atoms with Crippen molar-refractivity contribution < 1.29 is 4.79 Å². The molecule has 19 heavy (non-hydrogen) atoms. The fourth-order valence-corrected chi connectivity index (χ4v) is 2.33. The van der Waals surface area contributed by atoms with Gasteiger partial charge in [0, 0.05) is 24.3 Å². The van der Waals surface area contributed by atoms with Crippen LogP contribution in [0.15, 0.2) is 15.3 Å². The highest BCUT2D eigenvalue weighted by Gasteiger charge is 2.16. The zero-order valence-electron chi connectivity index (χ0n) is 10.5. The molecule has 0 spiro atoms. The van der Waals surface area contributed by atoms with Gasteiger partial charge in [0.1, 0.15) is 4.60 Å². The molecule has 2 heterocycles. The standard InChI is InChI=1S/C11H13Br2N5O/c1-3-18-6(2)7(5-15-18)4-14-11(19)9-8(12)10(13)17-16-9/h5H,3-4H2,1-2H3,(H,14,19)(H,16,17). The van der Waals surface area contributed by atoms with Crippen LogP contribution < -0.4 is 5.32 Å². The van der Waals surface area contributed by atoms with E-state index in [4.69, 9.17) is 0 Å². The number of nitrogens with zero attached hydrogens (tertiary/aromatic N) is 3. The summed E-state index contributed by atoms with van der Waals surface area (Å²) in [6.45, 7) is 5.26. The van der Waals surface area contributed by atoms with Gasteiger partial charge in [0.15, 0.2) is 5.69 Å². The normalized spacial score (nSPS) is 10.7. The highest BCUT2D eigenvalue weighted by molar-refractivity contribution is 9.13. The molecule has 0 saturated carbocycles. The minimum absolute atomic E-state index is 0.238. The number of hydrogen-bond donors (Lipinski definition) is 2. The molecule has 2 aromatic heterocycles. The molecule has 0 saturated heterocycles. The lowest BCUT2D eigenvalue weighted by Crippen LogP contribution is -2.23. The van der Waals surface area contributed by atoms with Crippen molar-refractivity contribution in [3.63, 3.8) is 0 Å². The monoisotopic (exact) mass is 389 g/mol. The van der Waals surface area contributed by atoms with Crippen molar-refractivity contribution >= 4 is 37.8 Å². The topological polar surface area (TPSA) is 75.6 Å². The van der Waals surface area contributed by atoms with Crippen LogP contribution in [0.5, 0.6) is 0 Å². The van der Waals surface area contributed by atoms with Gasteiger partial charge in [0.2, 0.25) is 0 Å². The van der Waals surface area contributed by atoms with E-state index in [0.717, 1.165) is 17.8 Å². The first-order chi connectivity index (χ1) is 9.04. The number of aryl methyl sites for hydroxylation is 1. The number of H-pyrrole nitrogens is 1. The van der Waals surface area contributed by atoms with E-state index in [2.05, 4.69) is 52.5 Å². The molecule has 8 heteroatoms. The summed E-state index contributed by atoms with van der Waals surface area (Å²) in [4.78, 5) is 12.0. The second-order valence-corrected chi connectivity index (χ2v) is 5.54. The summed E-state index contributed by atoms with van der Waals surface area (Å²) in [7, 11) is 0. The van der Waals surface area contributed by atoms with E-state index in [1.54, 1.807) is 6.20 Å². The van der Waals surface area contributed by atoms with Crippen molar-refractivity contribution in [3.8, 4) is 0 Å². The predicted octanol–water partition coefficient (Wildman–Crippen LogP) is 2.39. The van der Waals surface area contributed by atoms with Crippen molar-refractivity contribution in [2.24, 2.45) is 0 Å². The van der Waals surface area contributed by atoms with Crippen LogP contribution in [0.2, 0.25) is 0 Å². The van der Waals surface area contributed by atoms with Crippen LogP contribution in [0.1, 0.15) is 28.7 Å². The Balaban J connectivity index is 2.04. The molecule has 0 unspecified atom stereocenters. The maximum atomic E-state index is 12.0. The molecule has 0 fully saturated rings. The lowest BCUT2D eigenvalue weighted by atomic mass is 10.2. The first kappa shape index (κ1) is 14.3. The minimum Gasteiger partial charge on any atom is -0.346 e. The van der Waals surface area contributed by atoms with E-state index in [9.17, 15) is 4.79 Å². The Bertz CT molecular complexity index is 604. The maximum Gasteiger partial charge on any atom is 0.273 e. The fourth-order valence-electron chi connectivity index (χ4n) is 1.69. The van der Waals surface area contributed by atoms with Crippen molar-refractivity contribution in [2.45, 2.75) is 26.9 Å². The highest BCUT2D eigenvalue weighted by atomic mass is 79.9. The number of carbonyl (C=O) groups excluding carboxylic acids is 1. The number of amides is 1. The highest BCUT2D eigenvalue weighted by Crippen LogP contribution is 2.23. The van der Waals surface area contributed by atoms with Crippen LogP contribution in [0, 0.1) is 6.92 Å². The number of nitrogens with one attached hydrogen (secondary N) is 2. The molecule has 1 amide bonds. The number of aromatic amines is 1. The van der Waals surface area contributed by atoms with Crippen molar-refractivity contribution in [2.75, 3.05) is 0 Å². The lowest BCUT2D eigenvalue weighted by Gasteiger charge is -2.04. The molecule has 0 atom stereocenters. The SMILES string of the molecule is CCn1ncc(CNC(=O)c2n[nH]c(Br)c2Br)c1C. The summed E-state index contributed by atoms with van der Waals surface area (Å²) < 4.78 is 3.15. The Morgan fingerprint density at radius 1 is 1.53 bits per heavy atom. The van der Waals surface area contributed by atoms with Gasteiger partial charge in [-0.2, -0.15) is 10.2 Å². The largest absolute Gasteiger partial charge is 0.346 e. The predicted molar refractivity (Wildman–Crippen MR) is 77.8 cm³/mol. The average molecular weight is 391 g/mol. The summed E-state index contributed by atoms with van der Waals surface area (Å²) in [5.41, 5.74) is 2.39. The third-order valence-electron chi connectivity index (χ3n) is 2.83. The van der Waals surface area contributed by atoms with Gasteiger partial charge in [0.05, 0.1) is 10.7 Å². The molecule has 0 radical (unpaired) electrons. The van der Waals surface area contributed by atoms with E-state index in [-0.39, 0.29) is 5.91 Å². The molecule has 2 rings (SSSR count). The van der Waals surface area contributed by atoms with Gasteiger partial charge in [-0.05, 0) is 45.7 Å². The van der Waals surface area contributed by atoms with Crippen LogP contribution in [-0.4, -0.2) is 25.9 Å². The Kier molecular flexibility index (Phi) is 4.41. The first-order valence-corrected chi connectivity index (χ1v) is 7.32. The van der Waals surface area contributed by atoms with Crippen molar-refractivity contribution in [1.82, 2.24) is 25.3 Å². The van der Waals surface area contributed by atoms with Crippen LogP contribution in [-0.2, 0) is 13.1 Å². The Morgan fingerprint density at radius 2 is 2.26 bits per heavy atom. The molecule has 0 bridgehead atoms. The molecule has 0 aromatic carbocycles. The third kappa shape index (κ3) is 2.89. The molecular formula is C11H13Br2N5O.